The summed E-state index contributed by atoms with van der Waals surface area (Å²) >= 11 is 0. The number of likely N-dealkylation sites (N-methyl/N-ethyl adjacent to an activating group) is 1. The lowest BCUT2D eigenvalue weighted by atomic mass is 10.3. The van der Waals surface area contributed by atoms with Gasteiger partial charge in [0.1, 0.15) is 0 Å². The highest BCUT2D eigenvalue weighted by molar-refractivity contribution is 7.89. The highest BCUT2D eigenvalue weighted by Crippen LogP contribution is 2.24. The third-order valence-electron chi connectivity index (χ3n) is 4.34. The fourth-order valence-corrected chi connectivity index (χ4v) is 4.01. The summed E-state index contributed by atoms with van der Waals surface area (Å²) < 4.78 is 26.7. The summed E-state index contributed by atoms with van der Waals surface area (Å²) in [5.41, 5.74) is 1.60. The molecule has 0 radical (unpaired) electrons. The van der Waals surface area contributed by atoms with Gasteiger partial charge in [0.05, 0.1) is 4.90 Å². The molecule has 2 aromatic rings. The van der Waals surface area contributed by atoms with Gasteiger partial charge in [-0.2, -0.15) is 0 Å². The quantitative estimate of drug-likeness (QED) is 0.792. The van der Waals surface area contributed by atoms with E-state index in [4.69, 9.17) is 0 Å². The summed E-state index contributed by atoms with van der Waals surface area (Å²) in [4.78, 5) is 17.9. The van der Waals surface area contributed by atoms with Gasteiger partial charge >= 0.3 is 0 Å². The molecule has 6 nitrogen and oxygen atoms in total. The van der Waals surface area contributed by atoms with Crippen molar-refractivity contribution in [2.75, 3.05) is 25.0 Å². The average Bonchev–Trinajstić information content (AvgIpc) is 3.06. The fourth-order valence-electron chi connectivity index (χ4n) is 2.84. The van der Waals surface area contributed by atoms with Gasteiger partial charge in [-0.15, -0.1) is 0 Å². The van der Waals surface area contributed by atoms with Crippen LogP contribution in [0.2, 0.25) is 0 Å². The lowest BCUT2D eigenvalue weighted by molar-refractivity contribution is -0.117. The van der Waals surface area contributed by atoms with Crippen LogP contribution < -0.4 is 4.90 Å². The SMILES string of the molecule is CN(CCc1ccccn1)S(=O)(=O)c1ccc(N2CCCC2=O)cc1. The summed E-state index contributed by atoms with van der Waals surface area (Å²) in [6.07, 6.45) is 3.64. The molecule has 1 aromatic heterocycles. The van der Waals surface area contributed by atoms with Gasteiger partial charge in [0, 0.05) is 50.6 Å². The molecule has 0 bridgehead atoms. The molecule has 2 heterocycles. The van der Waals surface area contributed by atoms with E-state index >= 15 is 0 Å². The molecular weight excluding hydrogens is 338 g/mol. The summed E-state index contributed by atoms with van der Waals surface area (Å²) in [5, 5.41) is 0. The molecule has 1 saturated heterocycles. The third-order valence-corrected chi connectivity index (χ3v) is 6.21. The zero-order valence-electron chi connectivity index (χ0n) is 14.1. The van der Waals surface area contributed by atoms with Gasteiger partial charge in [0.2, 0.25) is 15.9 Å². The van der Waals surface area contributed by atoms with Crippen molar-refractivity contribution < 1.29 is 13.2 Å². The van der Waals surface area contributed by atoms with Gasteiger partial charge < -0.3 is 4.90 Å². The van der Waals surface area contributed by atoms with E-state index < -0.39 is 10.0 Å². The Morgan fingerprint density at radius 1 is 1.16 bits per heavy atom. The molecule has 0 spiro atoms. The van der Waals surface area contributed by atoms with Crippen LogP contribution in [-0.2, 0) is 21.2 Å². The van der Waals surface area contributed by atoms with Crippen LogP contribution in [-0.4, -0.2) is 43.8 Å². The third kappa shape index (κ3) is 3.88. The van der Waals surface area contributed by atoms with Gasteiger partial charge in [-0.25, -0.2) is 12.7 Å². The van der Waals surface area contributed by atoms with E-state index in [2.05, 4.69) is 4.98 Å². The highest BCUT2D eigenvalue weighted by Gasteiger charge is 2.24. The summed E-state index contributed by atoms with van der Waals surface area (Å²) in [6.45, 7) is 1.04. The van der Waals surface area contributed by atoms with Gasteiger partial charge in [0.15, 0.2) is 0 Å². The number of aromatic nitrogens is 1. The second kappa shape index (κ2) is 7.33. The Labute approximate surface area is 148 Å². The standard InChI is InChI=1S/C18H21N3O3S/c1-20(14-11-15-5-2-3-12-19-15)25(23,24)17-9-7-16(8-10-17)21-13-4-6-18(21)22/h2-3,5,7-10,12H,4,6,11,13-14H2,1H3. The molecule has 132 valence electrons. The molecule has 25 heavy (non-hydrogen) atoms. The molecular formula is C18H21N3O3S. The Hall–Kier alpha value is -2.25. The summed E-state index contributed by atoms with van der Waals surface area (Å²) in [5.74, 6) is 0.0862. The monoisotopic (exact) mass is 359 g/mol. The number of hydrogen-bond acceptors (Lipinski definition) is 4. The molecule has 0 atom stereocenters. The second-order valence-corrected chi connectivity index (χ2v) is 8.09. The number of anilines is 1. The van der Waals surface area contributed by atoms with E-state index in [0.717, 1.165) is 17.8 Å². The van der Waals surface area contributed by atoms with Gasteiger partial charge in [0.25, 0.3) is 0 Å². The van der Waals surface area contributed by atoms with E-state index in [1.54, 1.807) is 42.4 Å². The number of hydrogen-bond donors (Lipinski definition) is 0. The van der Waals surface area contributed by atoms with Crippen LogP contribution in [0.1, 0.15) is 18.5 Å². The minimum atomic E-state index is -3.56. The van der Waals surface area contributed by atoms with Crippen molar-refractivity contribution >= 4 is 21.6 Å². The van der Waals surface area contributed by atoms with Crippen molar-refractivity contribution in [1.82, 2.24) is 9.29 Å². The van der Waals surface area contributed by atoms with Crippen LogP contribution in [0.15, 0.2) is 53.6 Å². The first-order chi connectivity index (χ1) is 12.0. The molecule has 3 rings (SSSR count). The number of nitrogens with zero attached hydrogens (tertiary/aromatic N) is 3. The fraction of sp³-hybridized carbons (Fsp3) is 0.333. The maximum atomic E-state index is 12.7. The normalized spacial score (nSPS) is 15.1. The molecule has 1 aliphatic rings. The zero-order valence-corrected chi connectivity index (χ0v) is 14.9. The van der Waals surface area contributed by atoms with Gasteiger partial charge in [-0.05, 0) is 42.8 Å². The summed E-state index contributed by atoms with van der Waals surface area (Å²) in [7, 11) is -2.00. The molecule has 1 fully saturated rings. The Kier molecular flexibility index (Phi) is 5.15. The van der Waals surface area contributed by atoms with Crippen LogP contribution in [0.5, 0.6) is 0 Å². The average molecular weight is 359 g/mol. The minimum absolute atomic E-state index is 0.0862. The van der Waals surface area contributed by atoms with Crippen LogP contribution in [0.3, 0.4) is 0 Å². The van der Waals surface area contributed by atoms with Gasteiger partial charge in [-0.1, -0.05) is 6.07 Å². The molecule has 0 saturated carbocycles. The number of pyridine rings is 1. The van der Waals surface area contributed by atoms with Gasteiger partial charge in [-0.3, -0.25) is 9.78 Å². The predicted molar refractivity (Wildman–Crippen MR) is 95.8 cm³/mol. The molecule has 0 N–H and O–H groups in total. The van der Waals surface area contributed by atoms with E-state index in [-0.39, 0.29) is 10.8 Å². The van der Waals surface area contributed by atoms with Crippen LogP contribution in [0.25, 0.3) is 0 Å². The largest absolute Gasteiger partial charge is 0.312 e. The van der Waals surface area contributed by atoms with E-state index in [1.165, 1.54) is 4.31 Å². The van der Waals surface area contributed by atoms with Crippen molar-refractivity contribution in [3.05, 3.63) is 54.4 Å². The van der Waals surface area contributed by atoms with Crippen LogP contribution in [0, 0.1) is 0 Å². The highest BCUT2D eigenvalue weighted by atomic mass is 32.2. The number of rotatable bonds is 6. The number of amides is 1. The molecule has 0 unspecified atom stereocenters. The van der Waals surface area contributed by atoms with E-state index in [9.17, 15) is 13.2 Å². The van der Waals surface area contributed by atoms with Crippen molar-refractivity contribution in [3.63, 3.8) is 0 Å². The second-order valence-electron chi connectivity index (χ2n) is 6.04. The molecule has 1 aromatic carbocycles. The first-order valence-corrected chi connectivity index (χ1v) is 9.69. The molecule has 1 amide bonds. The molecule has 7 heteroatoms. The predicted octanol–water partition coefficient (Wildman–Crippen LogP) is 2.07. The Bertz CT molecular complexity index is 836. The molecule has 1 aliphatic heterocycles. The summed E-state index contributed by atoms with van der Waals surface area (Å²) in [6, 6.07) is 12.1. The van der Waals surface area contributed by atoms with Crippen molar-refractivity contribution in [2.45, 2.75) is 24.2 Å². The Morgan fingerprint density at radius 2 is 1.92 bits per heavy atom. The number of sulfonamides is 1. The zero-order chi connectivity index (χ0) is 17.9. The first-order valence-electron chi connectivity index (χ1n) is 8.25. The van der Waals surface area contributed by atoms with Crippen LogP contribution in [0.4, 0.5) is 5.69 Å². The lowest BCUT2D eigenvalue weighted by Crippen LogP contribution is -2.29. The smallest absolute Gasteiger partial charge is 0.242 e. The van der Waals surface area contributed by atoms with Crippen molar-refractivity contribution in [2.24, 2.45) is 0 Å². The minimum Gasteiger partial charge on any atom is -0.312 e. The maximum Gasteiger partial charge on any atom is 0.242 e. The molecule has 0 aliphatic carbocycles. The van der Waals surface area contributed by atoms with E-state index in [1.807, 2.05) is 18.2 Å². The number of carbonyl (C=O) groups is 1. The Balaban J connectivity index is 1.69. The lowest BCUT2D eigenvalue weighted by Gasteiger charge is -2.19. The van der Waals surface area contributed by atoms with Crippen molar-refractivity contribution in [1.29, 1.82) is 0 Å². The first kappa shape index (κ1) is 17.6. The van der Waals surface area contributed by atoms with E-state index in [0.29, 0.717) is 25.9 Å². The maximum absolute atomic E-state index is 12.7. The number of benzene rings is 1. The Morgan fingerprint density at radius 3 is 2.52 bits per heavy atom. The topological polar surface area (TPSA) is 70.6 Å². The number of carbonyl (C=O) groups excluding carboxylic acids is 1. The van der Waals surface area contributed by atoms with Crippen molar-refractivity contribution in [3.8, 4) is 0 Å². The van der Waals surface area contributed by atoms with Crippen LogP contribution >= 0.6 is 0 Å².